The van der Waals surface area contributed by atoms with Gasteiger partial charge in [-0.25, -0.2) is 4.98 Å². The van der Waals surface area contributed by atoms with E-state index in [2.05, 4.69) is 26.9 Å². The summed E-state index contributed by atoms with van der Waals surface area (Å²) in [5.41, 5.74) is 3.85. The topological polar surface area (TPSA) is 51.0 Å². The van der Waals surface area contributed by atoms with Gasteiger partial charge in [0.2, 0.25) is 5.89 Å². The number of oxazole rings is 1. The van der Waals surface area contributed by atoms with Crippen LogP contribution in [0.4, 0.5) is 5.69 Å². The van der Waals surface area contributed by atoms with Gasteiger partial charge in [-0.1, -0.05) is 42.5 Å². The van der Waals surface area contributed by atoms with Crippen LogP contribution in [0.15, 0.2) is 77.2 Å². The molecule has 3 aromatic carbocycles. The van der Waals surface area contributed by atoms with Crippen molar-refractivity contribution in [2.75, 3.05) is 51.3 Å². The molecular formula is C29H31N3O3. The molecule has 1 saturated heterocycles. The Hall–Kier alpha value is -3.77. The van der Waals surface area contributed by atoms with Crippen LogP contribution in [-0.2, 0) is 0 Å². The van der Waals surface area contributed by atoms with Crippen LogP contribution in [0.25, 0.3) is 23.3 Å². The van der Waals surface area contributed by atoms with E-state index in [4.69, 9.17) is 13.9 Å². The molecule has 0 saturated carbocycles. The Morgan fingerprint density at radius 1 is 0.857 bits per heavy atom. The highest BCUT2D eigenvalue weighted by atomic mass is 16.5. The fourth-order valence-electron chi connectivity index (χ4n) is 4.45. The van der Waals surface area contributed by atoms with Gasteiger partial charge in [0, 0.05) is 44.4 Å². The van der Waals surface area contributed by atoms with Gasteiger partial charge < -0.3 is 18.8 Å². The summed E-state index contributed by atoms with van der Waals surface area (Å²) in [5, 5.41) is 0. The van der Waals surface area contributed by atoms with Crippen molar-refractivity contribution < 1.29 is 13.9 Å². The summed E-state index contributed by atoms with van der Waals surface area (Å²) in [7, 11) is 1.73. The first-order valence-electron chi connectivity index (χ1n) is 12.2. The molecule has 0 N–H and O–H groups in total. The monoisotopic (exact) mass is 469 g/mol. The van der Waals surface area contributed by atoms with Gasteiger partial charge in [0.25, 0.3) is 0 Å². The van der Waals surface area contributed by atoms with Gasteiger partial charge in [0.1, 0.15) is 17.0 Å². The normalized spacial score (nSPS) is 14.6. The first-order valence-corrected chi connectivity index (χ1v) is 12.2. The Labute approximate surface area is 206 Å². The number of rotatable bonds is 9. The largest absolute Gasteiger partial charge is 0.495 e. The second-order valence-corrected chi connectivity index (χ2v) is 8.59. The van der Waals surface area contributed by atoms with Crippen molar-refractivity contribution in [3.63, 3.8) is 0 Å². The van der Waals surface area contributed by atoms with Crippen molar-refractivity contribution in [3.05, 3.63) is 84.3 Å². The van der Waals surface area contributed by atoms with Gasteiger partial charge in [-0.2, -0.15) is 0 Å². The highest BCUT2D eigenvalue weighted by Crippen LogP contribution is 2.28. The van der Waals surface area contributed by atoms with E-state index in [1.165, 1.54) is 5.69 Å². The minimum atomic E-state index is 0.591. The zero-order valence-electron chi connectivity index (χ0n) is 20.1. The SMILES string of the molecule is COc1ccccc1N1CCN(CCCOc2ccccc2C=Cc2nc3ccccc3o2)CC1. The Bertz CT molecular complexity index is 1240. The molecule has 0 unspecified atom stereocenters. The molecule has 1 aromatic heterocycles. The van der Waals surface area contributed by atoms with E-state index in [0.29, 0.717) is 12.5 Å². The average Bonchev–Trinajstić information content (AvgIpc) is 3.34. The van der Waals surface area contributed by atoms with Crippen LogP contribution in [0.5, 0.6) is 11.5 Å². The average molecular weight is 470 g/mol. The summed E-state index contributed by atoms with van der Waals surface area (Å²) < 4.78 is 17.5. The smallest absolute Gasteiger partial charge is 0.220 e. The molecule has 1 aliphatic rings. The molecule has 0 spiro atoms. The van der Waals surface area contributed by atoms with E-state index in [1.54, 1.807) is 7.11 Å². The van der Waals surface area contributed by atoms with Crippen LogP contribution in [-0.4, -0.2) is 56.3 Å². The number of aromatic nitrogens is 1. The lowest BCUT2D eigenvalue weighted by atomic mass is 10.2. The van der Waals surface area contributed by atoms with Crippen molar-refractivity contribution >= 4 is 28.9 Å². The summed E-state index contributed by atoms with van der Waals surface area (Å²) in [4.78, 5) is 9.42. The molecule has 1 fully saturated rings. The minimum absolute atomic E-state index is 0.591. The maximum atomic E-state index is 6.14. The number of para-hydroxylation sites is 5. The van der Waals surface area contributed by atoms with E-state index in [0.717, 1.165) is 67.3 Å². The molecule has 0 atom stereocenters. The number of fused-ring (bicyclic) bond motifs is 1. The Balaban J connectivity index is 1.10. The number of nitrogens with zero attached hydrogens (tertiary/aromatic N) is 3. The van der Waals surface area contributed by atoms with Crippen molar-refractivity contribution in [3.8, 4) is 11.5 Å². The lowest BCUT2D eigenvalue weighted by Crippen LogP contribution is -2.46. The first kappa shape index (κ1) is 23.0. The minimum Gasteiger partial charge on any atom is -0.495 e. The molecule has 1 aliphatic heterocycles. The summed E-state index contributed by atoms with van der Waals surface area (Å²) >= 11 is 0. The van der Waals surface area contributed by atoms with E-state index in [1.807, 2.05) is 72.8 Å². The molecule has 5 rings (SSSR count). The summed E-state index contributed by atoms with van der Waals surface area (Å²) in [5.74, 6) is 2.41. The molecule has 0 amide bonds. The lowest BCUT2D eigenvalue weighted by molar-refractivity contribution is 0.224. The Morgan fingerprint density at radius 3 is 2.43 bits per heavy atom. The van der Waals surface area contributed by atoms with Gasteiger partial charge in [-0.05, 0) is 42.8 Å². The van der Waals surface area contributed by atoms with Crippen LogP contribution < -0.4 is 14.4 Å². The molecule has 0 bridgehead atoms. The van der Waals surface area contributed by atoms with Crippen LogP contribution in [0.2, 0.25) is 0 Å². The fourth-order valence-corrected chi connectivity index (χ4v) is 4.45. The van der Waals surface area contributed by atoms with Crippen LogP contribution in [0.1, 0.15) is 17.9 Å². The maximum Gasteiger partial charge on any atom is 0.220 e. The lowest BCUT2D eigenvalue weighted by Gasteiger charge is -2.36. The van der Waals surface area contributed by atoms with Gasteiger partial charge in [-0.3, -0.25) is 4.90 Å². The van der Waals surface area contributed by atoms with Gasteiger partial charge in [-0.15, -0.1) is 0 Å². The maximum absolute atomic E-state index is 6.14. The number of hydrogen-bond donors (Lipinski definition) is 0. The summed E-state index contributed by atoms with van der Waals surface area (Å²) in [6.45, 7) is 5.81. The third-order valence-electron chi connectivity index (χ3n) is 6.31. The predicted octanol–water partition coefficient (Wildman–Crippen LogP) is 5.60. The van der Waals surface area contributed by atoms with Crippen molar-refractivity contribution in [2.24, 2.45) is 0 Å². The highest BCUT2D eigenvalue weighted by Gasteiger charge is 2.19. The molecule has 6 nitrogen and oxygen atoms in total. The van der Waals surface area contributed by atoms with Crippen LogP contribution in [0.3, 0.4) is 0 Å². The van der Waals surface area contributed by atoms with Crippen LogP contribution >= 0.6 is 0 Å². The van der Waals surface area contributed by atoms with Crippen molar-refractivity contribution in [1.82, 2.24) is 9.88 Å². The third kappa shape index (κ3) is 5.66. The van der Waals surface area contributed by atoms with Crippen molar-refractivity contribution in [1.29, 1.82) is 0 Å². The molecule has 0 radical (unpaired) electrons. The molecule has 180 valence electrons. The molecule has 6 heteroatoms. The molecule has 35 heavy (non-hydrogen) atoms. The number of anilines is 1. The van der Waals surface area contributed by atoms with Gasteiger partial charge in [0.15, 0.2) is 5.58 Å². The van der Waals surface area contributed by atoms with E-state index >= 15 is 0 Å². The standard InChI is InChI=1S/C29H31N3O3/c1-33-28-14-7-4-11-25(28)32-20-18-31(19-21-32)17-8-22-34-26-12-5-2-9-23(26)15-16-29-30-24-10-3-6-13-27(24)35-29/h2-7,9-16H,8,17-22H2,1H3. The quantitative estimate of drug-likeness (QED) is 0.298. The first-order chi connectivity index (χ1) is 17.3. The molecular weight excluding hydrogens is 438 g/mol. The highest BCUT2D eigenvalue weighted by molar-refractivity contribution is 5.76. The summed E-state index contributed by atoms with van der Waals surface area (Å²) in [6.07, 6.45) is 4.87. The third-order valence-corrected chi connectivity index (χ3v) is 6.31. The van der Waals surface area contributed by atoms with E-state index < -0.39 is 0 Å². The summed E-state index contributed by atoms with van der Waals surface area (Å²) in [6, 6.07) is 24.1. The number of methoxy groups -OCH3 is 1. The fraction of sp³-hybridized carbons (Fsp3) is 0.276. The van der Waals surface area contributed by atoms with Crippen molar-refractivity contribution in [2.45, 2.75) is 6.42 Å². The number of ether oxygens (including phenoxy) is 2. The molecule has 0 aliphatic carbocycles. The zero-order chi connectivity index (χ0) is 23.9. The van der Waals surface area contributed by atoms with Gasteiger partial charge in [0.05, 0.1) is 19.4 Å². The zero-order valence-corrected chi connectivity index (χ0v) is 20.1. The Morgan fingerprint density at radius 2 is 1.60 bits per heavy atom. The number of benzene rings is 3. The second-order valence-electron chi connectivity index (χ2n) is 8.59. The number of hydrogen-bond acceptors (Lipinski definition) is 6. The number of piperazine rings is 1. The molecule has 2 heterocycles. The second kappa shape index (κ2) is 11.1. The predicted molar refractivity (Wildman–Crippen MR) is 141 cm³/mol. The van der Waals surface area contributed by atoms with E-state index in [-0.39, 0.29) is 0 Å². The molecule has 4 aromatic rings. The van der Waals surface area contributed by atoms with E-state index in [9.17, 15) is 0 Å². The van der Waals surface area contributed by atoms with Crippen LogP contribution in [0, 0.1) is 0 Å². The Kier molecular flexibility index (Phi) is 7.29. The van der Waals surface area contributed by atoms with Gasteiger partial charge >= 0.3 is 0 Å².